The van der Waals surface area contributed by atoms with Crippen molar-refractivity contribution in [2.75, 3.05) is 0 Å². The molecule has 2 heteroatoms. The Balaban J connectivity index is 1.81. The van der Waals surface area contributed by atoms with E-state index < -0.39 is 0 Å². The monoisotopic (exact) mass is 519 g/mol. The van der Waals surface area contributed by atoms with Crippen molar-refractivity contribution >= 4 is 32.2 Å². The van der Waals surface area contributed by atoms with Gasteiger partial charge in [-0.05, 0) is 98.3 Å². The van der Waals surface area contributed by atoms with Gasteiger partial charge in [0.05, 0.1) is 10.4 Å². The number of pyridine rings is 1. The first-order valence-electron chi connectivity index (χ1n) is 14.2. The minimum Gasteiger partial charge on any atom is -0.255 e. The molecular formula is C36H41NS. The Labute approximate surface area is 233 Å². The Kier molecular flexibility index (Phi) is 7.22. The zero-order valence-corrected chi connectivity index (χ0v) is 25.3. The topological polar surface area (TPSA) is 12.9 Å². The first kappa shape index (κ1) is 26.6. The molecule has 0 aliphatic rings. The maximum absolute atomic E-state index is 5.00. The number of benzene rings is 3. The first-order valence-corrected chi connectivity index (χ1v) is 15.0. The molecule has 0 saturated carbocycles. The first-order chi connectivity index (χ1) is 18.1. The zero-order valence-electron chi connectivity index (χ0n) is 24.4. The summed E-state index contributed by atoms with van der Waals surface area (Å²) in [5.74, 6) is 1.87. The Morgan fingerprint density at radius 1 is 0.658 bits per heavy atom. The second kappa shape index (κ2) is 10.3. The van der Waals surface area contributed by atoms with Crippen LogP contribution in [-0.2, 0) is 0 Å². The summed E-state index contributed by atoms with van der Waals surface area (Å²) in [5, 5.41) is 3.95. The molecule has 196 valence electrons. The summed E-state index contributed by atoms with van der Waals surface area (Å²) in [6.45, 7) is 20.8. The van der Waals surface area contributed by atoms with Gasteiger partial charge in [-0.2, -0.15) is 0 Å². The van der Waals surface area contributed by atoms with E-state index in [4.69, 9.17) is 4.98 Å². The molecule has 0 fully saturated rings. The van der Waals surface area contributed by atoms with Crippen LogP contribution in [0.2, 0.25) is 0 Å². The molecule has 0 spiro atoms. The minimum atomic E-state index is 0.446. The molecule has 0 N–H and O–H groups in total. The Morgan fingerprint density at radius 3 is 1.89 bits per heavy atom. The molecule has 2 heterocycles. The van der Waals surface area contributed by atoms with E-state index in [1.807, 2.05) is 17.5 Å². The van der Waals surface area contributed by atoms with E-state index in [0.717, 1.165) is 5.69 Å². The molecule has 3 aromatic carbocycles. The molecular weight excluding hydrogens is 478 g/mol. The van der Waals surface area contributed by atoms with Crippen LogP contribution < -0.4 is 0 Å². The average Bonchev–Trinajstić information content (AvgIpc) is 3.23. The Bertz CT molecular complexity index is 1600. The van der Waals surface area contributed by atoms with Crippen LogP contribution in [0, 0.1) is 6.92 Å². The quantitative estimate of drug-likeness (QED) is 0.217. The maximum atomic E-state index is 5.00. The van der Waals surface area contributed by atoms with Gasteiger partial charge in [-0.1, -0.05) is 91.8 Å². The van der Waals surface area contributed by atoms with Crippen LogP contribution in [0.15, 0.2) is 60.8 Å². The standard InChI is InChI=1S/C36H41NS/c1-20(2)26-17-31(22(5)6)33(32(18-26)23(7)8)35-24(9)28-14-15-37-34(36(28)38-35)27-16-25-12-10-11-13-29(25)30(19-27)21(3)4/h10-23H,1-9H3. The fourth-order valence-corrected chi connectivity index (χ4v) is 7.17. The fraction of sp³-hybridized carbons (Fsp3) is 0.361. The minimum absolute atomic E-state index is 0.446. The average molecular weight is 520 g/mol. The lowest BCUT2D eigenvalue weighted by atomic mass is 9.83. The van der Waals surface area contributed by atoms with Gasteiger partial charge in [-0.3, -0.25) is 4.98 Å². The summed E-state index contributed by atoms with van der Waals surface area (Å²) < 4.78 is 1.29. The molecule has 0 amide bonds. The molecule has 2 aromatic heterocycles. The smallest absolute Gasteiger partial charge is 0.0880 e. The predicted octanol–water partition coefficient (Wildman–Crippen LogP) is 11.6. The number of rotatable bonds is 6. The molecule has 5 rings (SSSR count). The third kappa shape index (κ3) is 4.58. The van der Waals surface area contributed by atoms with Gasteiger partial charge < -0.3 is 0 Å². The van der Waals surface area contributed by atoms with Crippen LogP contribution >= 0.6 is 11.3 Å². The van der Waals surface area contributed by atoms with E-state index in [1.165, 1.54) is 64.7 Å². The van der Waals surface area contributed by atoms with Gasteiger partial charge in [0.15, 0.2) is 0 Å². The molecule has 0 radical (unpaired) electrons. The molecule has 0 saturated heterocycles. The molecule has 0 atom stereocenters. The van der Waals surface area contributed by atoms with Gasteiger partial charge in [0.25, 0.3) is 0 Å². The van der Waals surface area contributed by atoms with E-state index in [-0.39, 0.29) is 0 Å². The Morgan fingerprint density at radius 2 is 1.29 bits per heavy atom. The highest BCUT2D eigenvalue weighted by Gasteiger charge is 2.23. The van der Waals surface area contributed by atoms with Gasteiger partial charge in [-0.15, -0.1) is 11.3 Å². The Hall–Kier alpha value is -2.97. The largest absolute Gasteiger partial charge is 0.255 e. The van der Waals surface area contributed by atoms with Crippen LogP contribution in [0.1, 0.15) is 107 Å². The third-order valence-electron chi connectivity index (χ3n) is 8.00. The van der Waals surface area contributed by atoms with Crippen molar-refractivity contribution in [2.24, 2.45) is 0 Å². The van der Waals surface area contributed by atoms with Crippen molar-refractivity contribution in [1.29, 1.82) is 0 Å². The van der Waals surface area contributed by atoms with Crippen molar-refractivity contribution in [3.8, 4) is 21.7 Å². The van der Waals surface area contributed by atoms with Gasteiger partial charge in [0.2, 0.25) is 0 Å². The van der Waals surface area contributed by atoms with Crippen LogP contribution in [0.3, 0.4) is 0 Å². The summed E-state index contributed by atoms with van der Waals surface area (Å²) >= 11 is 1.93. The van der Waals surface area contributed by atoms with E-state index in [1.54, 1.807) is 0 Å². The summed E-state index contributed by atoms with van der Waals surface area (Å²) in [7, 11) is 0. The van der Waals surface area contributed by atoms with Crippen molar-refractivity contribution in [1.82, 2.24) is 4.98 Å². The van der Waals surface area contributed by atoms with Gasteiger partial charge >= 0.3 is 0 Å². The molecule has 0 bridgehead atoms. The normalized spacial score (nSPS) is 12.2. The summed E-state index contributed by atoms with van der Waals surface area (Å²) in [5.41, 5.74) is 10.9. The lowest BCUT2D eigenvalue weighted by molar-refractivity contribution is 0.808. The molecule has 38 heavy (non-hydrogen) atoms. The lowest BCUT2D eigenvalue weighted by Gasteiger charge is -2.23. The van der Waals surface area contributed by atoms with Gasteiger partial charge in [-0.25, -0.2) is 0 Å². The van der Waals surface area contributed by atoms with Crippen LogP contribution in [0.25, 0.3) is 42.6 Å². The van der Waals surface area contributed by atoms with Gasteiger partial charge in [0, 0.05) is 16.6 Å². The summed E-state index contributed by atoms with van der Waals surface area (Å²) in [6.07, 6.45) is 2.00. The number of aryl methyl sites for hydroxylation is 1. The van der Waals surface area contributed by atoms with Gasteiger partial charge in [0.1, 0.15) is 0 Å². The molecule has 1 nitrogen and oxygen atoms in total. The predicted molar refractivity (Wildman–Crippen MR) is 169 cm³/mol. The number of fused-ring (bicyclic) bond motifs is 2. The molecule has 0 unspecified atom stereocenters. The third-order valence-corrected chi connectivity index (χ3v) is 9.33. The zero-order chi connectivity index (χ0) is 27.3. The van der Waals surface area contributed by atoms with E-state index in [0.29, 0.717) is 23.7 Å². The second-order valence-corrected chi connectivity index (χ2v) is 13.1. The fourth-order valence-electron chi connectivity index (χ4n) is 5.76. The number of thiophene rings is 1. The maximum Gasteiger partial charge on any atom is 0.0880 e. The van der Waals surface area contributed by atoms with Crippen LogP contribution in [0.5, 0.6) is 0 Å². The van der Waals surface area contributed by atoms with E-state index in [9.17, 15) is 0 Å². The highest BCUT2D eigenvalue weighted by atomic mass is 32.1. The number of nitrogens with zero attached hydrogens (tertiary/aromatic N) is 1. The van der Waals surface area contributed by atoms with E-state index >= 15 is 0 Å². The SMILES string of the molecule is Cc1c(-c2c(C(C)C)cc(C(C)C)cc2C(C)C)sc2c(-c3cc(C(C)C)c4ccccc4c3)nccc12. The summed E-state index contributed by atoms with van der Waals surface area (Å²) in [4.78, 5) is 6.40. The number of hydrogen-bond acceptors (Lipinski definition) is 2. The van der Waals surface area contributed by atoms with Crippen molar-refractivity contribution < 1.29 is 0 Å². The second-order valence-electron chi connectivity index (χ2n) is 12.1. The van der Waals surface area contributed by atoms with Crippen molar-refractivity contribution in [3.63, 3.8) is 0 Å². The molecule has 0 aliphatic carbocycles. The highest BCUT2D eigenvalue weighted by molar-refractivity contribution is 7.23. The molecule has 0 aliphatic heterocycles. The van der Waals surface area contributed by atoms with Crippen LogP contribution in [0.4, 0.5) is 0 Å². The van der Waals surface area contributed by atoms with Crippen LogP contribution in [-0.4, -0.2) is 4.98 Å². The number of aromatic nitrogens is 1. The lowest BCUT2D eigenvalue weighted by Crippen LogP contribution is -2.03. The highest BCUT2D eigenvalue weighted by Crippen LogP contribution is 2.47. The molecule has 5 aromatic rings. The number of hydrogen-bond donors (Lipinski definition) is 0. The summed E-state index contributed by atoms with van der Waals surface area (Å²) in [6, 6.07) is 20.6. The van der Waals surface area contributed by atoms with Crippen molar-refractivity contribution in [2.45, 2.75) is 86.0 Å². The van der Waals surface area contributed by atoms with E-state index in [2.05, 4.69) is 117 Å². The van der Waals surface area contributed by atoms with Crippen molar-refractivity contribution in [3.05, 3.63) is 88.6 Å².